The van der Waals surface area contributed by atoms with Gasteiger partial charge in [-0.3, -0.25) is 4.79 Å². The maximum atomic E-state index is 10.7. The zero-order valence-electron chi connectivity index (χ0n) is 10.4. The van der Waals surface area contributed by atoms with Crippen LogP contribution in [0.1, 0.15) is 53.4 Å². The van der Waals surface area contributed by atoms with Gasteiger partial charge in [0.25, 0.3) is 0 Å². The number of carbonyl (C=O) groups excluding carboxylic acids is 1. The Bertz CT molecular complexity index is 223. The van der Waals surface area contributed by atoms with Gasteiger partial charge in [-0.25, -0.2) is 0 Å². The van der Waals surface area contributed by atoms with Crippen molar-refractivity contribution < 1.29 is 4.79 Å². The average Bonchev–Trinajstić information content (AvgIpc) is 2.25. The summed E-state index contributed by atoms with van der Waals surface area (Å²) in [5, 5.41) is 0.215. The summed E-state index contributed by atoms with van der Waals surface area (Å²) in [4.78, 5) is 10.7. The molecule has 2 heteroatoms. The van der Waals surface area contributed by atoms with Crippen LogP contribution >= 0.6 is 12.6 Å². The largest absolute Gasteiger partial charge is 0.299 e. The Hall–Kier alpha value is -0.240. The molecule has 88 valence electrons. The molecule has 0 aromatic carbocycles. The lowest BCUT2D eigenvalue weighted by Crippen LogP contribution is -2.24. The summed E-state index contributed by atoms with van der Waals surface area (Å²) in [5.41, 5.74) is 1.34. The highest BCUT2D eigenvalue weighted by molar-refractivity contribution is 7.81. The first kappa shape index (κ1) is 14.8. The van der Waals surface area contributed by atoms with E-state index in [0.717, 1.165) is 32.0 Å². The molecule has 0 spiro atoms. The van der Waals surface area contributed by atoms with Crippen molar-refractivity contribution in [3.8, 4) is 0 Å². The van der Waals surface area contributed by atoms with E-state index in [-0.39, 0.29) is 10.7 Å². The number of hydrogen-bond donors (Lipinski definition) is 1. The second-order valence-electron chi connectivity index (χ2n) is 4.35. The van der Waals surface area contributed by atoms with Crippen LogP contribution in [0.2, 0.25) is 0 Å². The molecular formula is C13H24OS. The van der Waals surface area contributed by atoms with Gasteiger partial charge in [-0.2, -0.15) is 12.6 Å². The Kier molecular flexibility index (Phi) is 6.99. The summed E-state index contributed by atoms with van der Waals surface area (Å²) >= 11 is 4.57. The lowest BCUT2D eigenvalue weighted by molar-refractivity contribution is -0.104. The standard InChI is InChI=1S/C13H24OS/c1-5-9-13(4,7-3)11(8-10-14)12(15)6-2/h8,10,12,15H,5-7,9H2,1-4H3/b11-8-. The molecule has 1 nitrogen and oxygen atoms in total. The summed E-state index contributed by atoms with van der Waals surface area (Å²) in [7, 11) is 0. The van der Waals surface area contributed by atoms with Crippen molar-refractivity contribution in [2.75, 3.05) is 0 Å². The number of hydrogen-bond acceptors (Lipinski definition) is 2. The summed E-state index contributed by atoms with van der Waals surface area (Å²) < 4.78 is 0. The molecule has 0 aromatic heterocycles. The predicted octanol–water partition coefficient (Wildman–Crippen LogP) is 4.04. The smallest absolute Gasteiger partial charge is 0.142 e. The highest BCUT2D eigenvalue weighted by Crippen LogP contribution is 2.39. The van der Waals surface area contributed by atoms with Gasteiger partial charge in [0.1, 0.15) is 6.29 Å². The van der Waals surface area contributed by atoms with Gasteiger partial charge in [0, 0.05) is 5.25 Å². The molecule has 0 N–H and O–H groups in total. The fraction of sp³-hybridized carbons (Fsp3) is 0.769. The van der Waals surface area contributed by atoms with Gasteiger partial charge in [0.2, 0.25) is 0 Å². The van der Waals surface area contributed by atoms with Crippen LogP contribution in [0.4, 0.5) is 0 Å². The zero-order chi connectivity index (χ0) is 11.9. The molecule has 0 amide bonds. The van der Waals surface area contributed by atoms with Gasteiger partial charge in [0.15, 0.2) is 0 Å². The summed E-state index contributed by atoms with van der Waals surface area (Å²) in [5.74, 6) is 0. The normalized spacial score (nSPS) is 18.3. The molecule has 0 aliphatic carbocycles. The number of aldehydes is 1. The van der Waals surface area contributed by atoms with Crippen molar-refractivity contribution in [1.29, 1.82) is 0 Å². The van der Waals surface area contributed by atoms with E-state index in [1.54, 1.807) is 6.08 Å². The maximum Gasteiger partial charge on any atom is 0.142 e. The Morgan fingerprint density at radius 2 is 2.00 bits per heavy atom. The molecule has 15 heavy (non-hydrogen) atoms. The minimum Gasteiger partial charge on any atom is -0.299 e. The lowest BCUT2D eigenvalue weighted by Gasteiger charge is -2.34. The first-order valence-electron chi connectivity index (χ1n) is 5.89. The van der Waals surface area contributed by atoms with Gasteiger partial charge >= 0.3 is 0 Å². The first-order valence-corrected chi connectivity index (χ1v) is 6.41. The van der Waals surface area contributed by atoms with Crippen molar-refractivity contribution in [1.82, 2.24) is 0 Å². The second-order valence-corrected chi connectivity index (χ2v) is 4.97. The van der Waals surface area contributed by atoms with Gasteiger partial charge in [-0.1, -0.05) is 34.1 Å². The molecule has 0 aliphatic heterocycles. The van der Waals surface area contributed by atoms with E-state index >= 15 is 0 Å². The fourth-order valence-corrected chi connectivity index (χ4v) is 2.48. The molecule has 0 aliphatic rings. The van der Waals surface area contributed by atoms with Crippen molar-refractivity contribution in [2.24, 2.45) is 5.41 Å². The minimum atomic E-state index is 0.137. The fourth-order valence-electron chi connectivity index (χ4n) is 2.08. The van der Waals surface area contributed by atoms with E-state index in [1.165, 1.54) is 5.57 Å². The zero-order valence-corrected chi connectivity index (χ0v) is 11.3. The van der Waals surface area contributed by atoms with E-state index in [1.807, 2.05) is 0 Å². The monoisotopic (exact) mass is 228 g/mol. The van der Waals surface area contributed by atoms with Crippen LogP contribution in [0.5, 0.6) is 0 Å². The Morgan fingerprint density at radius 1 is 1.40 bits per heavy atom. The second kappa shape index (κ2) is 7.10. The highest BCUT2D eigenvalue weighted by Gasteiger charge is 2.28. The quantitative estimate of drug-likeness (QED) is 0.395. The lowest BCUT2D eigenvalue weighted by atomic mass is 9.74. The highest BCUT2D eigenvalue weighted by atomic mass is 32.1. The summed E-state index contributed by atoms with van der Waals surface area (Å²) in [6.45, 7) is 8.72. The van der Waals surface area contributed by atoms with E-state index in [4.69, 9.17) is 0 Å². The molecule has 2 unspecified atom stereocenters. The Morgan fingerprint density at radius 3 is 2.33 bits per heavy atom. The number of rotatable bonds is 7. The molecule has 0 rings (SSSR count). The summed E-state index contributed by atoms with van der Waals surface area (Å²) in [6.07, 6.45) is 6.93. The van der Waals surface area contributed by atoms with Crippen LogP contribution < -0.4 is 0 Å². The molecule has 0 aromatic rings. The molecule has 0 radical (unpaired) electrons. The van der Waals surface area contributed by atoms with Crippen molar-refractivity contribution in [3.05, 3.63) is 11.6 Å². The van der Waals surface area contributed by atoms with Crippen molar-refractivity contribution in [3.63, 3.8) is 0 Å². The van der Waals surface area contributed by atoms with Crippen LogP contribution in [-0.2, 0) is 4.79 Å². The molecule has 0 saturated heterocycles. The van der Waals surface area contributed by atoms with E-state index < -0.39 is 0 Å². The van der Waals surface area contributed by atoms with Crippen LogP contribution in [0.25, 0.3) is 0 Å². The maximum absolute atomic E-state index is 10.7. The SMILES string of the molecule is CCCC(C)(CC)/C(=C\C=O)C(S)CC. The van der Waals surface area contributed by atoms with Crippen LogP contribution in [0.15, 0.2) is 11.6 Å². The van der Waals surface area contributed by atoms with Crippen LogP contribution in [0.3, 0.4) is 0 Å². The third-order valence-corrected chi connectivity index (χ3v) is 3.92. The molecule has 0 heterocycles. The number of thiol groups is 1. The third-order valence-electron chi connectivity index (χ3n) is 3.27. The molecule has 2 atom stereocenters. The molecule has 0 saturated carbocycles. The first-order chi connectivity index (χ1) is 7.05. The summed E-state index contributed by atoms with van der Waals surface area (Å²) in [6, 6.07) is 0. The average molecular weight is 228 g/mol. The van der Waals surface area contributed by atoms with E-state index in [9.17, 15) is 4.79 Å². The van der Waals surface area contributed by atoms with Crippen LogP contribution in [-0.4, -0.2) is 11.5 Å². The van der Waals surface area contributed by atoms with Gasteiger partial charge in [-0.15, -0.1) is 0 Å². The molecule has 0 bridgehead atoms. The Balaban J connectivity index is 5.01. The van der Waals surface area contributed by atoms with Gasteiger partial charge < -0.3 is 0 Å². The Labute approximate surface area is 99.7 Å². The third kappa shape index (κ3) is 4.02. The van der Waals surface area contributed by atoms with E-state index in [2.05, 4.69) is 40.3 Å². The van der Waals surface area contributed by atoms with E-state index in [0.29, 0.717) is 0 Å². The van der Waals surface area contributed by atoms with Gasteiger partial charge in [-0.05, 0) is 36.3 Å². The predicted molar refractivity (Wildman–Crippen MR) is 70.5 cm³/mol. The topological polar surface area (TPSA) is 17.1 Å². The number of carbonyl (C=O) groups is 1. The van der Waals surface area contributed by atoms with Crippen molar-refractivity contribution in [2.45, 2.75) is 58.6 Å². The van der Waals surface area contributed by atoms with Crippen molar-refractivity contribution >= 4 is 18.9 Å². The minimum absolute atomic E-state index is 0.137. The van der Waals surface area contributed by atoms with Crippen LogP contribution in [0, 0.1) is 5.41 Å². The number of allylic oxidation sites excluding steroid dienone is 1. The molecule has 0 fully saturated rings. The van der Waals surface area contributed by atoms with Gasteiger partial charge in [0.05, 0.1) is 0 Å². The molecular weight excluding hydrogens is 204 g/mol.